The van der Waals surface area contributed by atoms with Crippen molar-refractivity contribution in [3.05, 3.63) is 76.3 Å². The number of fused-ring (bicyclic) bond motifs is 3. The molecule has 0 fully saturated rings. The van der Waals surface area contributed by atoms with Crippen LogP contribution in [-0.2, 0) is 27.9 Å². The van der Waals surface area contributed by atoms with Gasteiger partial charge in [-0.25, -0.2) is 0 Å². The summed E-state index contributed by atoms with van der Waals surface area (Å²) in [5.41, 5.74) is 3.05. The lowest BCUT2D eigenvalue weighted by atomic mass is 10.2. The third-order valence-electron chi connectivity index (χ3n) is 4.21. The quantitative estimate of drug-likeness (QED) is 0.868. The zero-order valence-electron chi connectivity index (χ0n) is 13.8. The van der Waals surface area contributed by atoms with Crippen LogP contribution in [0.25, 0.3) is 0 Å². The number of hydrogen-bond acceptors (Lipinski definition) is 2. The molecule has 1 aliphatic carbocycles. The summed E-state index contributed by atoms with van der Waals surface area (Å²) >= 11 is 6.00. The fourth-order valence-electron chi connectivity index (χ4n) is 2.78. The second-order valence-corrected chi connectivity index (χ2v) is 7.89. The molecule has 2 aliphatic heterocycles. The second-order valence-electron chi connectivity index (χ2n) is 6.03. The van der Waals surface area contributed by atoms with E-state index in [4.69, 9.17) is 11.6 Å². The molecule has 5 heteroatoms. The molecule has 1 unspecified atom stereocenters. The Morgan fingerprint density at radius 3 is 2.40 bits per heavy atom. The molecule has 2 heterocycles. The molecule has 25 heavy (non-hydrogen) atoms. The van der Waals surface area contributed by atoms with Crippen LogP contribution < -0.4 is 5.32 Å². The minimum Gasteiger partial charge on any atom is -0.348 e. The van der Waals surface area contributed by atoms with Gasteiger partial charge in [0.25, 0.3) is 0 Å². The number of amides is 1. The standard InChI is InChI=1S/C13H14ClNO.C7H6OS/c14-12-8-4-3-7-11(12)9-15-13(16)10-5-1-2-6-10;8-9-5-6-1-3-7(9)4-2-6/h3-5,7-8H,1-2,6,9H2,(H,15,16);1-4H,5H2. The van der Waals surface area contributed by atoms with Crippen LogP contribution in [0.15, 0.2) is 65.1 Å². The average molecular weight is 374 g/mol. The summed E-state index contributed by atoms with van der Waals surface area (Å²) in [5, 5.41) is 3.59. The zero-order chi connectivity index (χ0) is 17.6. The molecule has 2 aromatic rings. The van der Waals surface area contributed by atoms with Gasteiger partial charge in [0.2, 0.25) is 5.91 Å². The number of hydrogen-bond donors (Lipinski definition) is 1. The average Bonchev–Trinajstić information content (AvgIpc) is 3.17. The van der Waals surface area contributed by atoms with E-state index in [0.717, 1.165) is 41.0 Å². The van der Waals surface area contributed by atoms with Crippen molar-refractivity contribution in [1.29, 1.82) is 0 Å². The Balaban J connectivity index is 0.000000170. The van der Waals surface area contributed by atoms with Gasteiger partial charge >= 0.3 is 0 Å². The lowest BCUT2D eigenvalue weighted by molar-refractivity contribution is -0.117. The summed E-state index contributed by atoms with van der Waals surface area (Å²) in [7, 11) is -0.722. The van der Waals surface area contributed by atoms with Gasteiger partial charge in [0.15, 0.2) is 0 Å². The second kappa shape index (κ2) is 8.45. The van der Waals surface area contributed by atoms with Crippen LogP contribution in [0.5, 0.6) is 0 Å². The third kappa shape index (κ3) is 4.80. The molecule has 3 aliphatic rings. The van der Waals surface area contributed by atoms with Gasteiger partial charge in [-0.05, 0) is 48.6 Å². The van der Waals surface area contributed by atoms with Crippen molar-refractivity contribution in [2.24, 2.45) is 0 Å². The van der Waals surface area contributed by atoms with Crippen molar-refractivity contribution in [2.75, 3.05) is 0 Å². The molecule has 130 valence electrons. The van der Waals surface area contributed by atoms with E-state index in [2.05, 4.69) is 5.32 Å². The maximum atomic E-state index is 11.7. The van der Waals surface area contributed by atoms with E-state index in [-0.39, 0.29) is 5.91 Å². The molecule has 2 bridgehead atoms. The Labute approximate surface area is 155 Å². The smallest absolute Gasteiger partial charge is 0.247 e. The van der Waals surface area contributed by atoms with Crippen LogP contribution in [0.1, 0.15) is 30.4 Å². The molecule has 2 aromatic carbocycles. The minimum absolute atomic E-state index is 0.0393. The van der Waals surface area contributed by atoms with Crippen molar-refractivity contribution < 1.29 is 9.00 Å². The summed E-state index contributed by atoms with van der Waals surface area (Å²) in [6, 6.07) is 15.5. The van der Waals surface area contributed by atoms with Crippen LogP contribution in [-0.4, -0.2) is 10.1 Å². The molecule has 5 rings (SSSR count). The van der Waals surface area contributed by atoms with E-state index < -0.39 is 10.8 Å². The molecule has 3 nitrogen and oxygen atoms in total. The minimum atomic E-state index is -0.722. The number of nitrogens with one attached hydrogen (secondary N) is 1. The number of benzene rings is 2. The van der Waals surface area contributed by atoms with Gasteiger partial charge in [-0.2, -0.15) is 0 Å². The van der Waals surface area contributed by atoms with Gasteiger partial charge < -0.3 is 5.32 Å². The first kappa shape index (κ1) is 17.9. The van der Waals surface area contributed by atoms with Crippen molar-refractivity contribution in [2.45, 2.75) is 36.5 Å². The van der Waals surface area contributed by atoms with E-state index in [1.165, 1.54) is 5.56 Å². The highest BCUT2D eigenvalue weighted by Gasteiger charge is 2.13. The normalized spacial score (nSPS) is 17.5. The van der Waals surface area contributed by atoms with Crippen LogP contribution in [0.3, 0.4) is 0 Å². The predicted molar refractivity (Wildman–Crippen MR) is 102 cm³/mol. The highest BCUT2D eigenvalue weighted by atomic mass is 35.5. The summed E-state index contributed by atoms with van der Waals surface area (Å²) in [4.78, 5) is 12.7. The number of allylic oxidation sites excluding steroid dienone is 1. The van der Waals surface area contributed by atoms with Crippen LogP contribution in [0.2, 0.25) is 5.02 Å². The van der Waals surface area contributed by atoms with Crippen LogP contribution in [0, 0.1) is 0 Å². The Hall–Kier alpha value is -1.91. The van der Waals surface area contributed by atoms with Gasteiger partial charge in [0, 0.05) is 22.0 Å². The van der Waals surface area contributed by atoms with E-state index in [9.17, 15) is 9.00 Å². The first-order chi connectivity index (χ1) is 12.1. The number of halogens is 1. The lowest BCUT2D eigenvalue weighted by Crippen LogP contribution is -2.23. The van der Waals surface area contributed by atoms with Gasteiger partial charge in [0.1, 0.15) is 0 Å². The highest BCUT2D eigenvalue weighted by molar-refractivity contribution is 7.84. The molecule has 1 amide bonds. The number of carbonyl (C=O) groups is 1. The summed E-state index contributed by atoms with van der Waals surface area (Å²) < 4.78 is 11.0. The van der Waals surface area contributed by atoms with Crippen LogP contribution in [0.4, 0.5) is 0 Å². The SMILES string of the molecule is O=C(NCc1ccccc1Cl)C1=CCCC1.O=S1Cc2ccc1cc2. The first-order valence-corrected chi connectivity index (χ1v) is 10.0. The first-order valence-electron chi connectivity index (χ1n) is 8.31. The molecule has 0 saturated carbocycles. The fourth-order valence-corrected chi connectivity index (χ4v) is 4.08. The Morgan fingerprint density at radius 2 is 1.88 bits per heavy atom. The van der Waals surface area contributed by atoms with Gasteiger partial charge in [0.05, 0.1) is 16.6 Å². The third-order valence-corrected chi connectivity index (χ3v) is 5.98. The zero-order valence-corrected chi connectivity index (χ0v) is 15.4. The molecule has 1 N–H and O–H groups in total. The molecule has 0 aromatic heterocycles. The summed E-state index contributed by atoms with van der Waals surface area (Å²) in [6.07, 6.45) is 5.03. The van der Waals surface area contributed by atoms with Crippen molar-refractivity contribution in [3.63, 3.8) is 0 Å². The molecule has 0 spiro atoms. The largest absolute Gasteiger partial charge is 0.348 e. The summed E-state index contributed by atoms with van der Waals surface area (Å²) in [5.74, 6) is 0.764. The fraction of sp³-hybridized carbons (Fsp3) is 0.250. The van der Waals surface area contributed by atoms with Crippen molar-refractivity contribution in [1.82, 2.24) is 5.32 Å². The number of carbonyl (C=O) groups excluding carboxylic acids is 1. The Morgan fingerprint density at radius 1 is 1.12 bits per heavy atom. The van der Waals surface area contributed by atoms with Gasteiger partial charge in [-0.15, -0.1) is 0 Å². The maximum absolute atomic E-state index is 11.7. The Kier molecular flexibility index (Phi) is 6.05. The monoisotopic (exact) mass is 373 g/mol. The van der Waals surface area contributed by atoms with E-state index >= 15 is 0 Å². The molecule has 1 atom stereocenters. The maximum Gasteiger partial charge on any atom is 0.247 e. The number of rotatable bonds is 3. The molecular formula is C20H20ClNO2S. The van der Waals surface area contributed by atoms with Gasteiger partial charge in [-0.1, -0.05) is 48.0 Å². The molecular weight excluding hydrogens is 354 g/mol. The van der Waals surface area contributed by atoms with Gasteiger partial charge in [-0.3, -0.25) is 9.00 Å². The van der Waals surface area contributed by atoms with E-state index in [1.54, 1.807) is 0 Å². The predicted octanol–water partition coefficient (Wildman–Crippen LogP) is 4.37. The molecule has 0 radical (unpaired) electrons. The van der Waals surface area contributed by atoms with E-state index in [0.29, 0.717) is 11.6 Å². The van der Waals surface area contributed by atoms with Crippen molar-refractivity contribution in [3.8, 4) is 0 Å². The van der Waals surface area contributed by atoms with Crippen LogP contribution >= 0.6 is 11.6 Å². The lowest BCUT2D eigenvalue weighted by Gasteiger charge is -2.09. The van der Waals surface area contributed by atoms with E-state index in [1.807, 2.05) is 54.6 Å². The van der Waals surface area contributed by atoms with Crippen molar-refractivity contribution >= 4 is 28.3 Å². The topological polar surface area (TPSA) is 46.2 Å². The molecule has 0 saturated heterocycles. The summed E-state index contributed by atoms with van der Waals surface area (Å²) in [6.45, 7) is 0.496. The Bertz CT molecular complexity index is 815. The highest BCUT2D eigenvalue weighted by Crippen LogP contribution is 2.19.